The summed E-state index contributed by atoms with van der Waals surface area (Å²) in [6.07, 6.45) is 5.95. The van der Waals surface area contributed by atoms with Crippen LogP contribution in [0.4, 0.5) is 0 Å². The Morgan fingerprint density at radius 3 is 2.46 bits per heavy atom. The van der Waals surface area contributed by atoms with E-state index in [1.165, 1.54) is 44.3 Å². The lowest BCUT2D eigenvalue weighted by Crippen LogP contribution is -2.51. The second-order valence-corrected chi connectivity index (χ2v) is 7.71. The molecule has 1 aliphatic heterocycles. The maximum atomic E-state index is 5.58. The van der Waals surface area contributed by atoms with Crippen LogP contribution in [0.15, 0.2) is 18.2 Å². The Bertz CT molecular complexity index is 569. The average molecular weight is 330 g/mol. The molecule has 0 radical (unpaired) electrons. The van der Waals surface area contributed by atoms with Gasteiger partial charge in [0.05, 0.1) is 14.2 Å². The number of methoxy groups -OCH3 is 2. The molecule has 2 bridgehead atoms. The second kappa shape index (κ2) is 6.93. The lowest BCUT2D eigenvalue weighted by atomic mass is 9.93. The molecule has 0 unspecified atom stereocenters. The molecule has 24 heavy (non-hydrogen) atoms. The monoisotopic (exact) mass is 330 g/mol. The lowest BCUT2D eigenvalue weighted by Gasteiger charge is -2.41. The Morgan fingerprint density at radius 1 is 1.00 bits per heavy atom. The number of hydrogen-bond acceptors (Lipinski definition) is 4. The fourth-order valence-electron chi connectivity index (χ4n) is 5.23. The summed E-state index contributed by atoms with van der Waals surface area (Å²) in [5.74, 6) is 3.75. The summed E-state index contributed by atoms with van der Waals surface area (Å²) >= 11 is 0. The van der Waals surface area contributed by atoms with Crippen molar-refractivity contribution in [3.05, 3.63) is 23.8 Å². The molecule has 3 atom stereocenters. The predicted molar refractivity (Wildman–Crippen MR) is 95.6 cm³/mol. The van der Waals surface area contributed by atoms with E-state index in [0.29, 0.717) is 0 Å². The first-order valence-corrected chi connectivity index (χ1v) is 9.44. The van der Waals surface area contributed by atoms with Gasteiger partial charge in [-0.15, -0.1) is 0 Å². The van der Waals surface area contributed by atoms with Gasteiger partial charge in [0.2, 0.25) is 0 Å². The Balaban J connectivity index is 1.35. The van der Waals surface area contributed by atoms with Crippen molar-refractivity contribution in [2.45, 2.75) is 38.3 Å². The van der Waals surface area contributed by atoms with Crippen molar-refractivity contribution < 1.29 is 9.47 Å². The summed E-state index contributed by atoms with van der Waals surface area (Å²) in [7, 11) is 3.43. The summed E-state index contributed by atoms with van der Waals surface area (Å²) in [5, 5.41) is 0. The van der Waals surface area contributed by atoms with Crippen LogP contribution in [-0.4, -0.2) is 56.2 Å². The van der Waals surface area contributed by atoms with E-state index in [1.807, 2.05) is 6.07 Å². The topological polar surface area (TPSA) is 24.9 Å². The molecule has 1 heterocycles. The summed E-state index contributed by atoms with van der Waals surface area (Å²) < 4.78 is 11.0. The maximum Gasteiger partial charge on any atom is 0.165 e. The van der Waals surface area contributed by atoms with Gasteiger partial charge in [0.15, 0.2) is 11.5 Å². The lowest BCUT2D eigenvalue weighted by molar-refractivity contribution is 0.0676. The standard InChI is InChI=1S/C20H30N2O2/c1-23-19-5-3-4-17(20(19)24-2)14-21-8-10-22(11-9-21)18-13-15-6-7-16(18)12-15/h3-5,15-16,18H,6-14H2,1-2H3/t15-,16+,18+/m0/s1. The zero-order valence-corrected chi connectivity index (χ0v) is 15.0. The third-order valence-corrected chi connectivity index (χ3v) is 6.46. The van der Waals surface area contributed by atoms with Crippen LogP contribution >= 0.6 is 0 Å². The largest absolute Gasteiger partial charge is 0.493 e. The number of fused-ring (bicyclic) bond motifs is 2. The molecular weight excluding hydrogens is 300 g/mol. The SMILES string of the molecule is COc1cccc(CN2CCN([C@@H]3C[C@H]4CC[C@@H]3C4)CC2)c1OC. The van der Waals surface area contributed by atoms with E-state index in [1.54, 1.807) is 14.2 Å². The minimum atomic E-state index is 0.829. The third kappa shape index (κ3) is 3.02. The summed E-state index contributed by atoms with van der Waals surface area (Å²) in [4.78, 5) is 5.34. The summed E-state index contributed by atoms with van der Waals surface area (Å²) in [5.41, 5.74) is 1.23. The minimum absolute atomic E-state index is 0.829. The Kier molecular flexibility index (Phi) is 4.68. The molecule has 2 aliphatic carbocycles. The van der Waals surface area contributed by atoms with Crippen LogP contribution < -0.4 is 9.47 Å². The molecule has 0 N–H and O–H groups in total. The Hall–Kier alpha value is -1.26. The van der Waals surface area contributed by atoms with Gasteiger partial charge in [-0.2, -0.15) is 0 Å². The van der Waals surface area contributed by atoms with E-state index < -0.39 is 0 Å². The smallest absolute Gasteiger partial charge is 0.165 e. The van der Waals surface area contributed by atoms with Crippen LogP contribution in [-0.2, 0) is 6.54 Å². The van der Waals surface area contributed by atoms with Gasteiger partial charge in [-0.05, 0) is 37.2 Å². The van der Waals surface area contributed by atoms with Gasteiger partial charge in [0.1, 0.15) is 0 Å². The normalized spacial score (nSPS) is 30.7. The summed E-state index contributed by atoms with van der Waals surface area (Å²) in [6, 6.07) is 7.07. The number of nitrogens with zero attached hydrogens (tertiary/aromatic N) is 2. The molecule has 0 spiro atoms. The van der Waals surface area contributed by atoms with E-state index in [-0.39, 0.29) is 0 Å². The first-order valence-electron chi connectivity index (χ1n) is 9.44. The Morgan fingerprint density at radius 2 is 1.83 bits per heavy atom. The molecule has 0 aromatic heterocycles. The maximum absolute atomic E-state index is 5.58. The second-order valence-electron chi connectivity index (χ2n) is 7.71. The van der Waals surface area contributed by atoms with Crippen LogP contribution in [0.5, 0.6) is 11.5 Å². The molecule has 3 aliphatic rings. The number of benzene rings is 1. The highest BCUT2D eigenvalue weighted by Crippen LogP contribution is 2.46. The fraction of sp³-hybridized carbons (Fsp3) is 0.700. The molecule has 1 saturated heterocycles. The van der Waals surface area contributed by atoms with Gasteiger partial charge in [-0.3, -0.25) is 9.80 Å². The van der Waals surface area contributed by atoms with Gasteiger partial charge in [0.25, 0.3) is 0 Å². The van der Waals surface area contributed by atoms with Crippen LogP contribution in [0, 0.1) is 11.8 Å². The molecule has 4 heteroatoms. The molecule has 2 saturated carbocycles. The zero-order valence-electron chi connectivity index (χ0n) is 15.0. The van der Waals surface area contributed by atoms with E-state index in [4.69, 9.17) is 9.47 Å². The number of hydrogen-bond donors (Lipinski definition) is 0. The van der Waals surface area contributed by atoms with Gasteiger partial charge >= 0.3 is 0 Å². The Labute approximate surface area is 145 Å². The molecule has 4 rings (SSSR count). The van der Waals surface area contributed by atoms with Gasteiger partial charge in [-0.25, -0.2) is 0 Å². The van der Waals surface area contributed by atoms with Gasteiger partial charge in [0, 0.05) is 44.3 Å². The molecule has 3 fully saturated rings. The van der Waals surface area contributed by atoms with Gasteiger partial charge in [-0.1, -0.05) is 18.6 Å². The third-order valence-electron chi connectivity index (χ3n) is 6.46. The van der Waals surface area contributed by atoms with Crippen molar-refractivity contribution in [3.63, 3.8) is 0 Å². The highest BCUT2D eigenvalue weighted by atomic mass is 16.5. The van der Waals surface area contributed by atoms with Crippen molar-refractivity contribution in [1.29, 1.82) is 0 Å². The fourth-order valence-corrected chi connectivity index (χ4v) is 5.23. The molecular formula is C20H30N2O2. The molecule has 1 aromatic rings. The minimum Gasteiger partial charge on any atom is -0.493 e. The molecule has 132 valence electrons. The van der Waals surface area contributed by atoms with E-state index in [9.17, 15) is 0 Å². The van der Waals surface area contributed by atoms with E-state index in [0.717, 1.165) is 49.0 Å². The van der Waals surface area contributed by atoms with Gasteiger partial charge < -0.3 is 9.47 Å². The van der Waals surface area contributed by atoms with Crippen molar-refractivity contribution in [2.75, 3.05) is 40.4 Å². The highest BCUT2D eigenvalue weighted by Gasteiger charge is 2.42. The van der Waals surface area contributed by atoms with Crippen molar-refractivity contribution in [3.8, 4) is 11.5 Å². The van der Waals surface area contributed by atoms with Crippen LogP contribution in [0.1, 0.15) is 31.2 Å². The van der Waals surface area contributed by atoms with Crippen molar-refractivity contribution in [1.82, 2.24) is 9.80 Å². The molecule has 4 nitrogen and oxygen atoms in total. The first-order chi connectivity index (χ1) is 11.8. The number of rotatable bonds is 5. The quantitative estimate of drug-likeness (QED) is 0.828. The predicted octanol–water partition coefficient (Wildman–Crippen LogP) is 3.01. The van der Waals surface area contributed by atoms with Crippen LogP contribution in [0.2, 0.25) is 0 Å². The first kappa shape index (κ1) is 16.2. The molecule has 1 aromatic carbocycles. The highest BCUT2D eigenvalue weighted by molar-refractivity contribution is 5.46. The van der Waals surface area contributed by atoms with Crippen LogP contribution in [0.3, 0.4) is 0 Å². The van der Waals surface area contributed by atoms with Crippen LogP contribution in [0.25, 0.3) is 0 Å². The molecule has 0 amide bonds. The van der Waals surface area contributed by atoms with E-state index in [2.05, 4.69) is 21.9 Å². The number of piperazine rings is 1. The number of ether oxygens (including phenoxy) is 2. The summed E-state index contributed by atoms with van der Waals surface area (Å²) in [6.45, 7) is 5.72. The number of para-hydroxylation sites is 1. The van der Waals surface area contributed by atoms with E-state index >= 15 is 0 Å². The van der Waals surface area contributed by atoms with Crippen molar-refractivity contribution >= 4 is 0 Å². The zero-order chi connectivity index (χ0) is 16.5. The average Bonchev–Trinajstić information content (AvgIpc) is 3.25. The van der Waals surface area contributed by atoms with Crippen molar-refractivity contribution in [2.24, 2.45) is 11.8 Å².